The number of aliphatic imine (C=N–C) groups is 1. The van der Waals surface area contributed by atoms with Crippen LogP contribution in [0.2, 0.25) is 0 Å². The molecule has 5 nitrogen and oxygen atoms in total. The van der Waals surface area contributed by atoms with E-state index in [1.807, 2.05) is 13.0 Å². The van der Waals surface area contributed by atoms with Crippen LogP contribution in [0.25, 0.3) is 0 Å². The van der Waals surface area contributed by atoms with Gasteiger partial charge in [-0.1, -0.05) is 32.9 Å². The summed E-state index contributed by atoms with van der Waals surface area (Å²) in [7, 11) is 0. The van der Waals surface area contributed by atoms with Gasteiger partial charge in [0.25, 0.3) is 0 Å². The first kappa shape index (κ1) is 13.8. The maximum Gasteiger partial charge on any atom is 0.232 e. The molecule has 104 valence electrons. The van der Waals surface area contributed by atoms with Crippen molar-refractivity contribution in [1.29, 1.82) is 0 Å². The van der Waals surface area contributed by atoms with Gasteiger partial charge in [0.1, 0.15) is 6.61 Å². The Morgan fingerprint density at radius 3 is 2.68 bits per heavy atom. The number of aryl methyl sites for hydroxylation is 1. The Balaban J connectivity index is 2.14. The number of hydrogen-bond acceptors (Lipinski definition) is 5. The Kier molecular flexibility index (Phi) is 3.73. The first-order chi connectivity index (χ1) is 8.88. The molecule has 1 aromatic rings. The van der Waals surface area contributed by atoms with Gasteiger partial charge < -0.3 is 9.26 Å². The van der Waals surface area contributed by atoms with E-state index < -0.39 is 0 Å². The van der Waals surface area contributed by atoms with Crippen molar-refractivity contribution in [3.05, 3.63) is 23.5 Å². The van der Waals surface area contributed by atoms with Crippen LogP contribution in [0.1, 0.15) is 45.8 Å². The molecular weight excluding hydrogens is 242 g/mol. The van der Waals surface area contributed by atoms with Gasteiger partial charge in [-0.05, 0) is 18.9 Å². The summed E-state index contributed by atoms with van der Waals surface area (Å²) in [5, 5.41) is 3.84. The summed E-state index contributed by atoms with van der Waals surface area (Å²) < 4.78 is 10.9. The molecule has 5 heteroatoms. The average molecular weight is 263 g/mol. The molecule has 0 saturated heterocycles. The molecule has 0 spiro atoms. The number of hydrogen-bond donors (Lipinski definition) is 0. The molecule has 0 fully saturated rings. The highest BCUT2D eigenvalue weighted by Gasteiger charge is 2.30. The minimum atomic E-state index is -0.278. The number of nitrogens with zero attached hydrogens (tertiary/aromatic N) is 3. The van der Waals surface area contributed by atoms with E-state index in [0.29, 0.717) is 30.7 Å². The SMILES string of the molecule is Cc1noc(C(C)(C)CC2=NC(C(C)C)=CCO2)n1. The van der Waals surface area contributed by atoms with Crippen LogP contribution in [0.15, 0.2) is 21.3 Å². The fourth-order valence-corrected chi connectivity index (χ4v) is 1.93. The lowest BCUT2D eigenvalue weighted by Gasteiger charge is -2.23. The Morgan fingerprint density at radius 1 is 1.37 bits per heavy atom. The van der Waals surface area contributed by atoms with Crippen molar-refractivity contribution in [3.63, 3.8) is 0 Å². The second-order valence-corrected chi connectivity index (χ2v) is 5.81. The summed E-state index contributed by atoms with van der Waals surface area (Å²) in [6, 6.07) is 0. The van der Waals surface area contributed by atoms with E-state index in [0.717, 1.165) is 11.6 Å². The van der Waals surface area contributed by atoms with Crippen LogP contribution < -0.4 is 0 Å². The van der Waals surface area contributed by atoms with Gasteiger partial charge in [0.15, 0.2) is 11.7 Å². The van der Waals surface area contributed by atoms with Crippen molar-refractivity contribution in [3.8, 4) is 0 Å². The van der Waals surface area contributed by atoms with Crippen molar-refractivity contribution in [1.82, 2.24) is 10.1 Å². The van der Waals surface area contributed by atoms with Crippen LogP contribution in [0, 0.1) is 12.8 Å². The van der Waals surface area contributed by atoms with Gasteiger partial charge in [-0.2, -0.15) is 4.98 Å². The average Bonchev–Trinajstić information content (AvgIpc) is 2.76. The Hall–Kier alpha value is -1.65. The van der Waals surface area contributed by atoms with Crippen molar-refractivity contribution in [2.45, 2.75) is 46.5 Å². The van der Waals surface area contributed by atoms with Crippen molar-refractivity contribution in [2.24, 2.45) is 10.9 Å². The third-order valence-electron chi connectivity index (χ3n) is 3.09. The summed E-state index contributed by atoms with van der Waals surface area (Å²) in [4.78, 5) is 8.86. The largest absolute Gasteiger partial charge is 0.476 e. The molecule has 19 heavy (non-hydrogen) atoms. The van der Waals surface area contributed by atoms with Gasteiger partial charge in [0.2, 0.25) is 5.89 Å². The van der Waals surface area contributed by atoms with Crippen LogP contribution in [-0.4, -0.2) is 22.6 Å². The fraction of sp³-hybridized carbons (Fsp3) is 0.643. The van der Waals surface area contributed by atoms with Crippen LogP contribution in [0.3, 0.4) is 0 Å². The summed E-state index contributed by atoms with van der Waals surface area (Å²) >= 11 is 0. The maximum atomic E-state index is 5.61. The third kappa shape index (κ3) is 3.22. The molecular formula is C14H21N3O2. The highest BCUT2D eigenvalue weighted by atomic mass is 16.5. The first-order valence-corrected chi connectivity index (χ1v) is 6.59. The summed E-state index contributed by atoms with van der Waals surface area (Å²) in [6.07, 6.45) is 2.68. The Labute approximate surface area is 113 Å². The molecule has 2 heterocycles. The lowest BCUT2D eigenvalue weighted by atomic mass is 9.89. The Morgan fingerprint density at radius 2 is 2.11 bits per heavy atom. The van der Waals surface area contributed by atoms with Crippen molar-refractivity contribution >= 4 is 5.90 Å². The summed E-state index contributed by atoms with van der Waals surface area (Å²) in [5.74, 6) is 2.43. The smallest absolute Gasteiger partial charge is 0.232 e. The molecule has 0 atom stereocenters. The first-order valence-electron chi connectivity index (χ1n) is 6.59. The molecule has 2 rings (SSSR count). The van der Waals surface area contributed by atoms with E-state index in [-0.39, 0.29) is 5.41 Å². The van der Waals surface area contributed by atoms with Crippen LogP contribution in [0.4, 0.5) is 0 Å². The number of ether oxygens (including phenoxy) is 1. The molecule has 0 N–H and O–H groups in total. The van der Waals surface area contributed by atoms with Crippen LogP contribution in [-0.2, 0) is 10.2 Å². The maximum absolute atomic E-state index is 5.61. The molecule has 0 radical (unpaired) electrons. The van der Waals surface area contributed by atoms with E-state index in [1.165, 1.54) is 0 Å². The molecule has 1 aliphatic rings. The minimum absolute atomic E-state index is 0.278. The monoisotopic (exact) mass is 263 g/mol. The number of allylic oxidation sites excluding steroid dienone is 1. The molecule has 1 aliphatic heterocycles. The van der Waals surface area contributed by atoms with Crippen LogP contribution in [0.5, 0.6) is 0 Å². The Bertz CT molecular complexity index is 513. The van der Waals surface area contributed by atoms with Gasteiger partial charge >= 0.3 is 0 Å². The molecule has 0 amide bonds. The molecule has 0 saturated carbocycles. The zero-order valence-corrected chi connectivity index (χ0v) is 12.2. The second-order valence-electron chi connectivity index (χ2n) is 5.81. The molecule has 1 aromatic heterocycles. The third-order valence-corrected chi connectivity index (χ3v) is 3.09. The zero-order chi connectivity index (χ0) is 14.0. The van der Waals surface area contributed by atoms with Gasteiger partial charge in [0.05, 0.1) is 5.41 Å². The van der Waals surface area contributed by atoms with Gasteiger partial charge in [-0.15, -0.1) is 0 Å². The van der Waals surface area contributed by atoms with E-state index in [4.69, 9.17) is 9.26 Å². The summed E-state index contributed by atoms with van der Waals surface area (Å²) in [6.45, 7) is 10.8. The fourth-order valence-electron chi connectivity index (χ4n) is 1.93. The lowest BCUT2D eigenvalue weighted by Crippen LogP contribution is -2.25. The minimum Gasteiger partial charge on any atom is -0.476 e. The van der Waals surface area contributed by atoms with Gasteiger partial charge in [-0.25, -0.2) is 4.99 Å². The quantitative estimate of drug-likeness (QED) is 0.837. The predicted octanol–water partition coefficient (Wildman–Crippen LogP) is 3.01. The van der Waals surface area contributed by atoms with Crippen molar-refractivity contribution < 1.29 is 9.26 Å². The van der Waals surface area contributed by atoms with E-state index in [9.17, 15) is 0 Å². The van der Waals surface area contributed by atoms with Crippen molar-refractivity contribution in [2.75, 3.05) is 6.61 Å². The van der Waals surface area contributed by atoms with Gasteiger partial charge in [-0.3, -0.25) is 0 Å². The highest BCUT2D eigenvalue weighted by Crippen LogP contribution is 2.28. The number of aromatic nitrogens is 2. The standard InChI is InChI=1S/C14H21N3O2/c1-9(2)11-6-7-18-12(16-11)8-14(4,5)13-15-10(3)17-19-13/h6,9H,7-8H2,1-5H3. The predicted molar refractivity (Wildman–Crippen MR) is 73.0 cm³/mol. The molecule has 0 unspecified atom stereocenters. The highest BCUT2D eigenvalue weighted by molar-refractivity contribution is 5.79. The van der Waals surface area contributed by atoms with Gasteiger partial charge in [0, 0.05) is 12.1 Å². The topological polar surface area (TPSA) is 60.5 Å². The summed E-state index contributed by atoms with van der Waals surface area (Å²) in [5.41, 5.74) is 0.804. The van der Waals surface area contributed by atoms with E-state index in [2.05, 4.69) is 42.8 Å². The molecule has 0 aliphatic carbocycles. The van der Waals surface area contributed by atoms with E-state index >= 15 is 0 Å². The lowest BCUT2D eigenvalue weighted by molar-refractivity contribution is 0.280. The molecule has 0 aromatic carbocycles. The zero-order valence-electron chi connectivity index (χ0n) is 12.2. The second kappa shape index (κ2) is 5.15. The van der Waals surface area contributed by atoms with Crippen LogP contribution >= 0.6 is 0 Å². The number of rotatable bonds is 4. The molecule has 0 bridgehead atoms. The van der Waals surface area contributed by atoms with E-state index in [1.54, 1.807) is 0 Å². The normalized spacial score (nSPS) is 16.1.